The molecule has 0 saturated carbocycles. The Kier molecular flexibility index (Phi) is 6.03. The van der Waals surface area contributed by atoms with Crippen LogP contribution >= 0.6 is 0 Å². The molecule has 0 spiro atoms. The summed E-state index contributed by atoms with van der Waals surface area (Å²) in [5.74, 6) is 0.297. The number of alkyl halides is 3. The first-order chi connectivity index (χ1) is 13.9. The van der Waals surface area contributed by atoms with Crippen LogP contribution in [0, 0.1) is 0 Å². The largest absolute Gasteiger partial charge is 0.516 e. The molecule has 1 heterocycles. The van der Waals surface area contributed by atoms with Gasteiger partial charge in [0.25, 0.3) is 0 Å². The lowest BCUT2D eigenvalue weighted by Crippen LogP contribution is -2.49. The monoisotopic (exact) mass is 444 g/mol. The zero-order valence-electron chi connectivity index (χ0n) is 16.4. The van der Waals surface area contributed by atoms with Crippen LogP contribution in [0.25, 0.3) is 0 Å². The Hall–Kier alpha value is -2.30. The van der Waals surface area contributed by atoms with Crippen molar-refractivity contribution in [2.45, 2.75) is 43.6 Å². The van der Waals surface area contributed by atoms with E-state index in [0.29, 0.717) is 17.7 Å². The number of anilines is 1. The van der Waals surface area contributed by atoms with Gasteiger partial charge >= 0.3 is 15.5 Å². The fourth-order valence-corrected chi connectivity index (χ4v) is 3.79. The second-order valence-corrected chi connectivity index (χ2v) is 9.22. The molecule has 1 aliphatic heterocycles. The molecule has 3 rings (SSSR count). The molecule has 1 unspecified atom stereocenters. The normalized spacial score (nSPS) is 19.5. The average molecular weight is 444 g/mol. The number of hydrogen-bond donors (Lipinski definition) is 2. The van der Waals surface area contributed by atoms with E-state index in [9.17, 15) is 21.6 Å². The van der Waals surface area contributed by atoms with Gasteiger partial charge in [-0.25, -0.2) is 0 Å². The van der Waals surface area contributed by atoms with Crippen molar-refractivity contribution in [3.8, 4) is 5.75 Å². The zero-order chi connectivity index (χ0) is 22.2. The maximum Gasteiger partial charge on any atom is 0.516 e. The van der Waals surface area contributed by atoms with Gasteiger partial charge in [-0.1, -0.05) is 36.4 Å². The third-order valence-electron chi connectivity index (χ3n) is 4.89. The Morgan fingerprint density at radius 3 is 2.50 bits per heavy atom. The molecule has 0 fully saturated rings. The van der Waals surface area contributed by atoms with Crippen LogP contribution in [0.5, 0.6) is 5.75 Å². The minimum Gasteiger partial charge on any atom is -0.485 e. The fraction of sp³-hybridized carbons (Fsp3) is 0.400. The molecule has 0 amide bonds. The van der Waals surface area contributed by atoms with Crippen LogP contribution < -0.4 is 15.2 Å². The van der Waals surface area contributed by atoms with Crippen LogP contribution in [0.4, 0.5) is 18.9 Å². The van der Waals surface area contributed by atoms with Crippen LogP contribution in [-0.2, 0) is 21.2 Å². The topological polar surface area (TPSA) is 90.6 Å². The van der Waals surface area contributed by atoms with Crippen LogP contribution in [0.2, 0.25) is 0 Å². The van der Waals surface area contributed by atoms with Crippen molar-refractivity contribution in [2.75, 3.05) is 11.3 Å². The molecule has 0 aromatic heterocycles. The second kappa shape index (κ2) is 8.09. The van der Waals surface area contributed by atoms with Gasteiger partial charge in [0, 0.05) is 19.0 Å². The molecular formula is C20H23F3N2O4S. The number of sulfonamides is 1. The van der Waals surface area contributed by atoms with Gasteiger partial charge in [0.05, 0.1) is 11.8 Å². The SMILES string of the molecule is CC1(C)Oc2cc(NS(=O)(=O)C(F)(F)F)ccc2C[C@H]1OC(CN)c1ccccc1. The summed E-state index contributed by atoms with van der Waals surface area (Å²) in [5.41, 5.74) is 1.06. The van der Waals surface area contributed by atoms with Crippen LogP contribution in [-0.4, -0.2) is 32.2 Å². The fourth-order valence-electron chi connectivity index (χ4n) is 3.24. The molecule has 0 saturated heterocycles. The maximum absolute atomic E-state index is 12.6. The number of nitrogens with two attached hydrogens (primary N) is 1. The highest BCUT2D eigenvalue weighted by atomic mass is 32.2. The lowest BCUT2D eigenvalue weighted by atomic mass is 9.90. The number of hydrogen-bond acceptors (Lipinski definition) is 5. The molecular weight excluding hydrogens is 421 g/mol. The molecule has 0 radical (unpaired) electrons. The minimum atomic E-state index is -5.51. The maximum atomic E-state index is 12.6. The molecule has 10 heteroatoms. The predicted molar refractivity (Wildman–Crippen MR) is 107 cm³/mol. The lowest BCUT2D eigenvalue weighted by Gasteiger charge is -2.41. The molecule has 2 atom stereocenters. The number of halogens is 3. The Labute approximate surface area is 173 Å². The second-order valence-electron chi connectivity index (χ2n) is 7.54. The van der Waals surface area contributed by atoms with Gasteiger partial charge in [0.1, 0.15) is 17.5 Å². The van der Waals surface area contributed by atoms with E-state index in [2.05, 4.69) is 0 Å². The van der Waals surface area contributed by atoms with Crippen molar-refractivity contribution in [1.29, 1.82) is 0 Å². The number of rotatable bonds is 6. The van der Waals surface area contributed by atoms with Crippen molar-refractivity contribution in [3.63, 3.8) is 0 Å². The van der Waals surface area contributed by atoms with E-state index < -0.39 is 21.1 Å². The van der Waals surface area contributed by atoms with E-state index in [1.165, 1.54) is 22.9 Å². The van der Waals surface area contributed by atoms with E-state index in [1.54, 1.807) is 13.8 Å². The van der Waals surface area contributed by atoms with Crippen molar-refractivity contribution in [1.82, 2.24) is 0 Å². The summed E-state index contributed by atoms with van der Waals surface area (Å²) in [6, 6.07) is 13.5. The molecule has 0 aliphatic carbocycles. The molecule has 2 aromatic rings. The van der Waals surface area contributed by atoms with Gasteiger partial charge in [0.2, 0.25) is 0 Å². The summed E-state index contributed by atoms with van der Waals surface area (Å²) in [4.78, 5) is 0. The standard InChI is InChI=1S/C20H23F3N2O4S/c1-19(2)18(28-17(12-24)13-6-4-3-5-7-13)10-14-8-9-15(11-16(14)29-19)25-30(26,27)20(21,22)23/h3-9,11,17-18,25H,10,12,24H2,1-2H3/t17?,18-/m1/s1. The minimum absolute atomic E-state index is 0.231. The summed E-state index contributed by atoms with van der Waals surface area (Å²) >= 11 is 0. The van der Waals surface area contributed by atoms with E-state index in [1.807, 2.05) is 30.3 Å². The summed E-state index contributed by atoms with van der Waals surface area (Å²) < 4.78 is 74.3. The molecule has 2 aromatic carbocycles. The van der Waals surface area contributed by atoms with Crippen molar-refractivity contribution in [2.24, 2.45) is 5.73 Å². The number of benzene rings is 2. The van der Waals surface area contributed by atoms with E-state index in [0.717, 1.165) is 5.56 Å². The molecule has 6 nitrogen and oxygen atoms in total. The van der Waals surface area contributed by atoms with Crippen molar-refractivity contribution in [3.05, 3.63) is 59.7 Å². The first kappa shape index (κ1) is 22.4. The molecule has 3 N–H and O–H groups in total. The summed E-state index contributed by atoms with van der Waals surface area (Å²) in [5, 5.41) is 0. The highest BCUT2D eigenvalue weighted by molar-refractivity contribution is 7.93. The first-order valence-corrected chi connectivity index (χ1v) is 10.7. The van der Waals surface area contributed by atoms with E-state index >= 15 is 0 Å². The Morgan fingerprint density at radius 2 is 1.90 bits per heavy atom. The van der Waals surface area contributed by atoms with Gasteiger partial charge in [-0.05, 0) is 31.0 Å². The highest BCUT2D eigenvalue weighted by Crippen LogP contribution is 2.39. The molecule has 30 heavy (non-hydrogen) atoms. The van der Waals surface area contributed by atoms with Crippen LogP contribution in [0.15, 0.2) is 48.5 Å². The Balaban J connectivity index is 1.81. The molecule has 164 valence electrons. The number of fused-ring (bicyclic) bond motifs is 1. The van der Waals surface area contributed by atoms with Gasteiger partial charge in [-0.3, -0.25) is 4.72 Å². The quantitative estimate of drug-likeness (QED) is 0.708. The molecule has 1 aliphatic rings. The van der Waals surface area contributed by atoms with E-state index in [4.69, 9.17) is 15.2 Å². The average Bonchev–Trinajstić information content (AvgIpc) is 2.65. The van der Waals surface area contributed by atoms with E-state index in [-0.39, 0.29) is 24.4 Å². The van der Waals surface area contributed by atoms with Gasteiger partial charge < -0.3 is 15.2 Å². The Morgan fingerprint density at radius 1 is 1.23 bits per heavy atom. The zero-order valence-corrected chi connectivity index (χ0v) is 17.3. The highest BCUT2D eigenvalue weighted by Gasteiger charge is 2.46. The summed E-state index contributed by atoms with van der Waals surface area (Å²) in [6.45, 7) is 3.86. The summed E-state index contributed by atoms with van der Waals surface area (Å²) in [6.07, 6.45) is -0.298. The van der Waals surface area contributed by atoms with Crippen molar-refractivity contribution >= 4 is 15.7 Å². The smallest absolute Gasteiger partial charge is 0.485 e. The lowest BCUT2D eigenvalue weighted by molar-refractivity contribution is -0.113. The van der Waals surface area contributed by atoms with Gasteiger partial charge in [0.15, 0.2) is 0 Å². The van der Waals surface area contributed by atoms with Gasteiger partial charge in [-0.15, -0.1) is 0 Å². The number of ether oxygens (including phenoxy) is 2. The molecule has 0 bridgehead atoms. The van der Waals surface area contributed by atoms with Crippen LogP contribution in [0.3, 0.4) is 0 Å². The first-order valence-electron chi connectivity index (χ1n) is 9.24. The number of nitrogens with one attached hydrogen (secondary N) is 1. The third kappa shape index (κ3) is 4.71. The van der Waals surface area contributed by atoms with Gasteiger partial charge in [-0.2, -0.15) is 21.6 Å². The Bertz CT molecular complexity index is 995. The van der Waals surface area contributed by atoms with Crippen molar-refractivity contribution < 1.29 is 31.1 Å². The third-order valence-corrected chi connectivity index (χ3v) is 6.01. The summed E-state index contributed by atoms with van der Waals surface area (Å²) in [7, 11) is -5.51. The van der Waals surface area contributed by atoms with Crippen LogP contribution in [0.1, 0.15) is 31.1 Å². The predicted octanol–water partition coefficient (Wildman–Crippen LogP) is 3.75.